The molecule has 0 radical (unpaired) electrons. The fourth-order valence-corrected chi connectivity index (χ4v) is 3.71. The number of rotatable bonds is 4. The van der Waals surface area contributed by atoms with E-state index < -0.39 is 5.54 Å². The van der Waals surface area contributed by atoms with E-state index in [2.05, 4.69) is 21.0 Å². The zero-order valence-corrected chi connectivity index (χ0v) is 16.4. The lowest BCUT2D eigenvalue weighted by molar-refractivity contribution is -0.132. The van der Waals surface area contributed by atoms with Crippen molar-refractivity contribution >= 4 is 29.9 Å². The maximum Gasteiger partial charge on any atom is 0.262 e. The fourth-order valence-electron chi connectivity index (χ4n) is 3.71. The first-order chi connectivity index (χ1) is 13.1. The van der Waals surface area contributed by atoms with Gasteiger partial charge in [0.2, 0.25) is 5.91 Å². The number of halogens is 1. The van der Waals surface area contributed by atoms with Gasteiger partial charge in [0.05, 0.1) is 11.7 Å². The summed E-state index contributed by atoms with van der Waals surface area (Å²) < 4.78 is 7.17. The number of carbonyl (C=O) groups excluding carboxylic acids is 2. The number of aromatic nitrogens is 2. The topological polar surface area (TPSA) is 97.3 Å². The van der Waals surface area contributed by atoms with Crippen LogP contribution in [0.1, 0.15) is 31.4 Å². The summed E-state index contributed by atoms with van der Waals surface area (Å²) >= 11 is 0. The van der Waals surface area contributed by atoms with Gasteiger partial charge in [-0.05, 0) is 56.6 Å². The summed E-state index contributed by atoms with van der Waals surface area (Å²) in [7, 11) is 0. The molecule has 0 saturated carbocycles. The molecule has 3 N–H and O–H groups in total. The molecule has 3 heterocycles. The van der Waals surface area contributed by atoms with Crippen molar-refractivity contribution in [3.8, 4) is 5.75 Å². The molecule has 0 aliphatic carbocycles. The van der Waals surface area contributed by atoms with Gasteiger partial charge in [-0.2, -0.15) is 5.10 Å². The first-order valence-electron chi connectivity index (χ1n) is 9.17. The van der Waals surface area contributed by atoms with Crippen LogP contribution >= 0.6 is 12.4 Å². The molecule has 1 unspecified atom stereocenters. The van der Waals surface area contributed by atoms with Crippen LogP contribution in [0.2, 0.25) is 0 Å². The van der Waals surface area contributed by atoms with Crippen molar-refractivity contribution in [2.45, 2.75) is 31.3 Å². The second-order valence-electron chi connectivity index (χ2n) is 7.02. The van der Waals surface area contributed by atoms with Crippen LogP contribution in [0.3, 0.4) is 0 Å². The molecule has 28 heavy (non-hydrogen) atoms. The van der Waals surface area contributed by atoms with Crippen LogP contribution < -0.4 is 20.7 Å². The van der Waals surface area contributed by atoms with Gasteiger partial charge < -0.3 is 20.7 Å². The quantitative estimate of drug-likeness (QED) is 0.717. The Morgan fingerprint density at radius 3 is 2.86 bits per heavy atom. The zero-order valence-electron chi connectivity index (χ0n) is 15.6. The Morgan fingerprint density at radius 2 is 2.14 bits per heavy atom. The lowest BCUT2D eigenvalue weighted by Gasteiger charge is -2.37. The predicted molar refractivity (Wildman–Crippen MR) is 107 cm³/mol. The number of carbonyl (C=O) groups is 2. The average Bonchev–Trinajstić information content (AvgIpc) is 3.23. The van der Waals surface area contributed by atoms with Crippen LogP contribution in [0, 0.1) is 0 Å². The molecular formula is C19H24ClN5O3. The minimum absolute atomic E-state index is 0. The van der Waals surface area contributed by atoms with E-state index >= 15 is 0 Å². The highest BCUT2D eigenvalue weighted by Gasteiger charge is 2.42. The number of piperidine rings is 1. The Hall–Kier alpha value is -2.58. The number of nitrogens with one attached hydrogen (secondary N) is 3. The van der Waals surface area contributed by atoms with Gasteiger partial charge >= 0.3 is 0 Å². The second kappa shape index (κ2) is 8.20. The molecule has 1 aromatic carbocycles. The number of hydrogen-bond donors (Lipinski definition) is 3. The van der Waals surface area contributed by atoms with Gasteiger partial charge in [0, 0.05) is 12.4 Å². The van der Waals surface area contributed by atoms with Crippen molar-refractivity contribution in [2.75, 3.05) is 25.0 Å². The monoisotopic (exact) mass is 405 g/mol. The van der Waals surface area contributed by atoms with E-state index in [-0.39, 0.29) is 36.9 Å². The number of anilines is 1. The third kappa shape index (κ3) is 3.70. The lowest BCUT2D eigenvalue weighted by Crippen LogP contribution is -2.55. The Bertz CT molecular complexity index is 849. The van der Waals surface area contributed by atoms with E-state index in [9.17, 15) is 9.59 Å². The summed E-state index contributed by atoms with van der Waals surface area (Å²) in [6.45, 7) is 3.50. The first-order valence-corrected chi connectivity index (χ1v) is 9.17. The molecule has 8 nitrogen and oxygen atoms in total. The van der Waals surface area contributed by atoms with Gasteiger partial charge in [0.1, 0.15) is 11.3 Å². The number of benzene rings is 1. The molecule has 1 aromatic heterocycles. The summed E-state index contributed by atoms with van der Waals surface area (Å²) in [6, 6.07) is 7.20. The Kier molecular flexibility index (Phi) is 5.90. The average molecular weight is 406 g/mol. The van der Waals surface area contributed by atoms with E-state index in [1.54, 1.807) is 10.9 Å². The third-order valence-corrected chi connectivity index (χ3v) is 5.28. The van der Waals surface area contributed by atoms with Crippen molar-refractivity contribution in [3.05, 3.63) is 42.2 Å². The van der Waals surface area contributed by atoms with Crippen molar-refractivity contribution in [3.63, 3.8) is 0 Å². The standard InChI is InChI=1S/C19H23N5O3.ClH/c1-13(14-3-4-16-15(11-14)23-17(25)12-27-16)22-18(26)19(5-8-20-9-6-19)24-10-2-7-21-24;/h2-4,7,10-11,13,20H,5-6,8-9,12H2,1H3,(H,22,26)(H,23,25);1H. The maximum atomic E-state index is 13.2. The molecule has 9 heteroatoms. The van der Waals surface area contributed by atoms with Crippen LogP contribution in [0.4, 0.5) is 5.69 Å². The molecule has 150 valence electrons. The van der Waals surface area contributed by atoms with Gasteiger partial charge in [-0.25, -0.2) is 0 Å². The van der Waals surface area contributed by atoms with Crippen LogP contribution in [0.15, 0.2) is 36.7 Å². The van der Waals surface area contributed by atoms with Crippen LogP contribution in [-0.4, -0.2) is 41.3 Å². The molecule has 1 fully saturated rings. The molecule has 0 spiro atoms. The molecule has 2 amide bonds. The number of nitrogens with zero attached hydrogens (tertiary/aromatic N) is 2. The summed E-state index contributed by atoms with van der Waals surface area (Å²) in [5.74, 6) is 0.421. The Labute approximate surface area is 169 Å². The molecule has 2 aromatic rings. The molecule has 2 aliphatic rings. The highest BCUT2D eigenvalue weighted by Crippen LogP contribution is 2.32. The molecule has 1 atom stereocenters. The minimum Gasteiger partial charge on any atom is -0.482 e. The summed E-state index contributed by atoms with van der Waals surface area (Å²) in [5, 5.41) is 13.6. The molecule has 0 bridgehead atoms. The normalized spacial score (nSPS) is 18.7. The molecule has 2 aliphatic heterocycles. The number of ether oxygens (including phenoxy) is 1. The zero-order chi connectivity index (χ0) is 18.9. The Morgan fingerprint density at radius 1 is 1.36 bits per heavy atom. The molecular weight excluding hydrogens is 382 g/mol. The highest BCUT2D eigenvalue weighted by atomic mass is 35.5. The van der Waals surface area contributed by atoms with E-state index in [1.165, 1.54) is 0 Å². The van der Waals surface area contributed by atoms with Crippen molar-refractivity contribution in [1.82, 2.24) is 20.4 Å². The third-order valence-electron chi connectivity index (χ3n) is 5.28. The van der Waals surface area contributed by atoms with Crippen LogP contribution in [0.5, 0.6) is 5.75 Å². The highest BCUT2D eigenvalue weighted by molar-refractivity contribution is 5.95. The van der Waals surface area contributed by atoms with Crippen molar-refractivity contribution in [2.24, 2.45) is 0 Å². The van der Waals surface area contributed by atoms with Crippen molar-refractivity contribution < 1.29 is 14.3 Å². The second-order valence-corrected chi connectivity index (χ2v) is 7.02. The predicted octanol–water partition coefficient (Wildman–Crippen LogP) is 1.59. The SMILES string of the molecule is CC(NC(=O)C1(n2cccn2)CCNCC1)c1ccc2c(c1)NC(=O)CO2.Cl. The summed E-state index contributed by atoms with van der Waals surface area (Å²) in [5.41, 5.74) is 0.847. The Balaban J connectivity index is 0.00000225. The smallest absolute Gasteiger partial charge is 0.262 e. The van der Waals surface area contributed by atoms with Gasteiger partial charge in [0.15, 0.2) is 6.61 Å². The van der Waals surface area contributed by atoms with E-state index in [0.29, 0.717) is 24.3 Å². The van der Waals surface area contributed by atoms with Crippen LogP contribution in [0.25, 0.3) is 0 Å². The number of hydrogen-bond acceptors (Lipinski definition) is 5. The lowest BCUT2D eigenvalue weighted by atomic mass is 9.87. The number of amides is 2. The largest absolute Gasteiger partial charge is 0.482 e. The molecule has 1 saturated heterocycles. The van der Waals surface area contributed by atoms with Crippen molar-refractivity contribution in [1.29, 1.82) is 0 Å². The van der Waals surface area contributed by atoms with Crippen LogP contribution in [-0.2, 0) is 15.1 Å². The first kappa shape index (κ1) is 20.2. The number of fused-ring (bicyclic) bond motifs is 1. The summed E-state index contributed by atoms with van der Waals surface area (Å²) in [6.07, 6.45) is 4.91. The van der Waals surface area contributed by atoms with Gasteiger partial charge in [0.25, 0.3) is 5.91 Å². The minimum atomic E-state index is -0.686. The van der Waals surface area contributed by atoms with E-state index in [0.717, 1.165) is 18.7 Å². The van der Waals surface area contributed by atoms with Gasteiger partial charge in [-0.3, -0.25) is 14.3 Å². The fraction of sp³-hybridized carbons (Fsp3) is 0.421. The maximum absolute atomic E-state index is 13.2. The van der Waals surface area contributed by atoms with E-state index in [1.807, 2.05) is 37.4 Å². The van der Waals surface area contributed by atoms with E-state index in [4.69, 9.17) is 4.74 Å². The van der Waals surface area contributed by atoms with Gasteiger partial charge in [-0.15, -0.1) is 12.4 Å². The molecule has 4 rings (SSSR count). The summed E-state index contributed by atoms with van der Waals surface area (Å²) in [4.78, 5) is 24.8. The van der Waals surface area contributed by atoms with Gasteiger partial charge in [-0.1, -0.05) is 6.07 Å².